The largest absolute Gasteiger partial charge is 0.423 e. The lowest BCUT2D eigenvalue weighted by molar-refractivity contribution is 0.100. The van der Waals surface area contributed by atoms with Gasteiger partial charge in [-0.3, -0.25) is 4.79 Å². The summed E-state index contributed by atoms with van der Waals surface area (Å²) in [5.74, 6) is -0.489. The summed E-state index contributed by atoms with van der Waals surface area (Å²) in [5, 5.41) is 3.36. The van der Waals surface area contributed by atoms with Gasteiger partial charge in [0.2, 0.25) is 0 Å². The summed E-state index contributed by atoms with van der Waals surface area (Å²) in [6, 6.07) is 6.34. The van der Waals surface area contributed by atoms with E-state index in [1.165, 1.54) is 0 Å². The smallest absolute Gasteiger partial charge is 0.298 e. The van der Waals surface area contributed by atoms with Gasteiger partial charge < -0.3 is 20.4 Å². The highest BCUT2D eigenvalue weighted by atomic mass is 16.4. The minimum atomic E-state index is -0.489. The lowest BCUT2D eigenvalue weighted by Crippen LogP contribution is -2.55. The van der Waals surface area contributed by atoms with E-state index in [9.17, 15) is 4.79 Å². The van der Waals surface area contributed by atoms with Crippen LogP contribution in [0.2, 0.25) is 0 Å². The Bertz CT molecular complexity index is 642. The van der Waals surface area contributed by atoms with Crippen molar-refractivity contribution in [3.63, 3.8) is 0 Å². The zero-order chi connectivity index (χ0) is 14.3. The van der Waals surface area contributed by atoms with Crippen molar-refractivity contribution in [1.82, 2.24) is 10.3 Å². The van der Waals surface area contributed by atoms with Crippen molar-refractivity contribution in [2.75, 3.05) is 18.0 Å². The normalized spacial score (nSPS) is 23.2. The van der Waals surface area contributed by atoms with E-state index < -0.39 is 5.91 Å². The van der Waals surface area contributed by atoms with Gasteiger partial charge in [0, 0.05) is 25.2 Å². The maximum atomic E-state index is 11.4. The van der Waals surface area contributed by atoms with Crippen LogP contribution in [0.3, 0.4) is 0 Å². The van der Waals surface area contributed by atoms with Crippen molar-refractivity contribution in [1.29, 1.82) is 0 Å². The van der Waals surface area contributed by atoms with E-state index in [0.717, 1.165) is 13.1 Å². The fourth-order valence-electron chi connectivity index (χ4n) is 2.76. The Kier molecular flexibility index (Phi) is 3.10. The van der Waals surface area contributed by atoms with Gasteiger partial charge in [-0.1, -0.05) is 6.07 Å². The number of para-hydroxylation sites is 1. The SMILES string of the molecule is C[C@H]1CNC[C@H](C)N1c1nc2c(C(N)=O)cccc2o1. The minimum absolute atomic E-state index is 0.281. The van der Waals surface area contributed by atoms with Crippen LogP contribution in [-0.4, -0.2) is 36.1 Å². The van der Waals surface area contributed by atoms with Crippen LogP contribution in [0.1, 0.15) is 24.2 Å². The highest BCUT2D eigenvalue weighted by molar-refractivity contribution is 6.03. The van der Waals surface area contributed by atoms with Crippen molar-refractivity contribution >= 4 is 23.0 Å². The third kappa shape index (κ3) is 2.02. The molecule has 1 fully saturated rings. The highest BCUT2D eigenvalue weighted by Gasteiger charge is 2.29. The molecule has 0 radical (unpaired) electrons. The molecule has 0 saturated carbocycles. The standard InChI is InChI=1S/C14H18N4O2/c1-8-6-16-7-9(2)18(8)14-17-12-10(13(15)19)4-3-5-11(12)20-14/h3-5,8-9,16H,6-7H2,1-2H3,(H2,15,19)/t8-,9-/m0/s1. The van der Waals surface area contributed by atoms with Crippen LogP contribution in [0.25, 0.3) is 11.1 Å². The minimum Gasteiger partial charge on any atom is -0.423 e. The number of benzene rings is 1. The van der Waals surface area contributed by atoms with Crippen molar-refractivity contribution in [3.8, 4) is 0 Å². The summed E-state index contributed by atoms with van der Waals surface area (Å²) in [6.45, 7) is 6.00. The summed E-state index contributed by atoms with van der Waals surface area (Å²) in [6.07, 6.45) is 0. The Morgan fingerprint density at radius 1 is 1.40 bits per heavy atom. The Hall–Kier alpha value is -2.08. The molecule has 1 aromatic carbocycles. The maximum Gasteiger partial charge on any atom is 0.298 e. The number of aromatic nitrogens is 1. The van der Waals surface area contributed by atoms with Gasteiger partial charge in [0.15, 0.2) is 5.58 Å². The highest BCUT2D eigenvalue weighted by Crippen LogP contribution is 2.27. The molecule has 3 rings (SSSR count). The number of amides is 1. The van der Waals surface area contributed by atoms with Crippen LogP contribution in [0.15, 0.2) is 22.6 Å². The molecule has 0 unspecified atom stereocenters. The summed E-state index contributed by atoms with van der Waals surface area (Å²) >= 11 is 0. The average Bonchev–Trinajstić information content (AvgIpc) is 2.81. The predicted octanol–water partition coefficient (Wildman–Crippen LogP) is 1.11. The number of nitrogens with two attached hydrogens (primary N) is 1. The summed E-state index contributed by atoms with van der Waals surface area (Å²) in [7, 11) is 0. The first-order valence-electron chi connectivity index (χ1n) is 6.76. The Morgan fingerprint density at radius 3 is 2.75 bits per heavy atom. The molecule has 1 aliphatic rings. The third-order valence-electron chi connectivity index (χ3n) is 3.72. The zero-order valence-electron chi connectivity index (χ0n) is 11.6. The van der Waals surface area contributed by atoms with E-state index in [4.69, 9.17) is 10.2 Å². The number of carbonyl (C=O) groups is 1. The molecule has 106 valence electrons. The van der Waals surface area contributed by atoms with E-state index in [0.29, 0.717) is 22.7 Å². The molecule has 1 saturated heterocycles. The zero-order valence-corrected chi connectivity index (χ0v) is 11.6. The molecule has 2 aromatic rings. The number of primary amides is 1. The lowest BCUT2D eigenvalue weighted by atomic mass is 10.1. The van der Waals surface area contributed by atoms with Crippen LogP contribution in [0, 0.1) is 0 Å². The van der Waals surface area contributed by atoms with Gasteiger partial charge in [-0.2, -0.15) is 4.98 Å². The first kappa shape index (κ1) is 12.9. The molecule has 0 aliphatic carbocycles. The molecule has 1 amide bonds. The monoisotopic (exact) mass is 274 g/mol. The first-order valence-corrected chi connectivity index (χ1v) is 6.76. The third-order valence-corrected chi connectivity index (χ3v) is 3.72. The molecule has 3 N–H and O–H groups in total. The molecule has 2 atom stereocenters. The van der Waals surface area contributed by atoms with Crippen LogP contribution in [0.4, 0.5) is 6.01 Å². The second-order valence-corrected chi connectivity index (χ2v) is 5.28. The lowest BCUT2D eigenvalue weighted by Gasteiger charge is -2.38. The van der Waals surface area contributed by atoms with Crippen LogP contribution in [-0.2, 0) is 0 Å². The van der Waals surface area contributed by atoms with Crippen LogP contribution >= 0.6 is 0 Å². The number of fused-ring (bicyclic) bond motifs is 1. The van der Waals surface area contributed by atoms with Crippen molar-refractivity contribution in [3.05, 3.63) is 23.8 Å². The second-order valence-electron chi connectivity index (χ2n) is 5.28. The second kappa shape index (κ2) is 4.79. The Balaban J connectivity index is 2.08. The quantitative estimate of drug-likeness (QED) is 0.857. The van der Waals surface area contributed by atoms with Gasteiger partial charge in [-0.25, -0.2) is 0 Å². The molecule has 0 bridgehead atoms. The molecule has 2 heterocycles. The first-order chi connectivity index (χ1) is 9.58. The fraction of sp³-hybridized carbons (Fsp3) is 0.429. The van der Waals surface area contributed by atoms with Crippen molar-refractivity contribution in [2.45, 2.75) is 25.9 Å². The number of rotatable bonds is 2. The number of anilines is 1. The van der Waals surface area contributed by atoms with E-state index in [1.807, 2.05) is 0 Å². The van der Waals surface area contributed by atoms with Gasteiger partial charge >= 0.3 is 0 Å². The average molecular weight is 274 g/mol. The molecule has 0 spiro atoms. The summed E-state index contributed by atoms with van der Waals surface area (Å²) in [5.41, 5.74) is 6.90. The van der Waals surface area contributed by atoms with Crippen molar-refractivity contribution < 1.29 is 9.21 Å². The Morgan fingerprint density at radius 2 is 2.10 bits per heavy atom. The van der Waals surface area contributed by atoms with Gasteiger partial charge in [0.05, 0.1) is 5.56 Å². The van der Waals surface area contributed by atoms with Crippen LogP contribution in [0.5, 0.6) is 0 Å². The molecular weight excluding hydrogens is 256 g/mol. The maximum absolute atomic E-state index is 11.4. The number of hydrogen-bond acceptors (Lipinski definition) is 5. The molecule has 20 heavy (non-hydrogen) atoms. The molecule has 6 heteroatoms. The van der Waals surface area contributed by atoms with Crippen molar-refractivity contribution in [2.24, 2.45) is 5.73 Å². The number of nitrogens with one attached hydrogen (secondary N) is 1. The molecule has 1 aromatic heterocycles. The van der Waals surface area contributed by atoms with E-state index in [2.05, 4.69) is 29.0 Å². The molecule has 1 aliphatic heterocycles. The number of carbonyl (C=O) groups excluding carboxylic acids is 1. The van der Waals surface area contributed by atoms with E-state index in [1.54, 1.807) is 18.2 Å². The van der Waals surface area contributed by atoms with Gasteiger partial charge in [-0.15, -0.1) is 0 Å². The topological polar surface area (TPSA) is 84.4 Å². The van der Waals surface area contributed by atoms with Gasteiger partial charge in [0.1, 0.15) is 5.52 Å². The fourth-order valence-corrected chi connectivity index (χ4v) is 2.76. The summed E-state index contributed by atoms with van der Waals surface area (Å²) in [4.78, 5) is 18.1. The van der Waals surface area contributed by atoms with E-state index in [-0.39, 0.29) is 12.1 Å². The van der Waals surface area contributed by atoms with Gasteiger partial charge in [-0.05, 0) is 26.0 Å². The number of oxazole rings is 1. The van der Waals surface area contributed by atoms with Crippen LogP contribution < -0.4 is 16.0 Å². The Labute approximate surface area is 116 Å². The number of hydrogen-bond donors (Lipinski definition) is 2. The van der Waals surface area contributed by atoms with Gasteiger partial charge in [0.25, 0.3) is 11.9 Å². The van der Waals surface area contributed by atoms with E-state index >= 15 is 0 Å². The molecule has 6 nitrogen and oxygen atoms in total. The summed E-state index contributed by atoms with van der Waals surface area (Å²) < 4.78 is 5.82. The number of nitrogens with zero attached hydrogens (tertiary/aromatic N) is 2. The molecular formula is C14H18N4O2. The number of piperazine rings is 1. The predicted molar refractivity (Wildman–Crippen MR) is 76.8 cm³/mol.